The Bertz CT molecular complexity index is 1080. The summed E-state index contributed by atoms with van der Waals surface area (Å²) >= 11 is 1.52. The molecular formula is C21H19N3O3S. The number of para-hydroxylation sites is 1. The molecule has 0 radical (unpaired) electrons. The minimum atomic E-state index is -0.240. The van der Waals surface area contributed by atoms with Crippen molar-refractivity contribution in [3.8, 4) is 16.5 Å². The summed E-state index contributed by atoms with van der Waals surface area (Å²) in [7, 11) is 0. The lowest BCUT2D eigenvalue weighted by atomic mass is 10.2. The summed E-state index contributed by atoms with van der Waals surface area (Å²) in [5.74, 6) is 1.50. The molecule has 4 aromatic rings. The number of carbonyl (C=O) groups is 1. The van der Waals surface area contributed by atoms with Gasteiger partial charge in [-0.3, -0.25) is 9.78 Å². The van der Waals surface area contributed by atoms with Crippen molar-refractivity contribution < 1.29 is 13.9 Å². The lowest BCUT2D eigenvalue weighted by Gasteiger charge is -2.09. The van der Waals surface area contributed by atoms with Gasteiger partial charge in [-0.25, -0.2) is 4.98 Å². The number of hydrogen-bond acceptors (Lipinski definition) is 6. The van der Waals surface area contributed by atoms with E-state index in [2.05, 4.69) is 15.3 Å². The Labute approximate surface area is 166 Å². The number of rotatable bonds is 7. The number of pyridine rings is 1. The number of fused-ring (bicyclic) bond motifs is 1. The van der Waals surface area contributed by atoms with E-state index in [0.717, 1.165) is 21.5 Å². The number of amides is 1. The molecule has 0 saturated carbocycles. The van der Waals surface area contributed by atoms with Gasteiger partial charge in [0.2, 0.25) is 5.89 Å². The smallest absolute Gasteiger partial charge is 0.273 e. The van der Waals surface area contributed by atoms with Crippen LogP contribution in [-0.4, -0.2) is 29.0 Å². The number of nitrogens with zero attached hydrogens (tertiary/aromatic N) is 2. The highest BCUT2D eigenvalue weighted by atomic mass is 32.1. The van der Waals surface area contributed by atoms with Gasteiger partial charge in [0, 0.05) is 18.1 Å². The van der Waals surface area contributed by atoms with Gasteiger partial charge in [0.1, 0.15) is 17.0 Å². The van der Waals surface area contributed by atoms with Gasteiger partial charge >= 0.3 is 0 Å². The van der Waals surface area contributed by atoms with E-state index < -0.39 is 0 Å². The molecule has 3 heterocycles. The third-order valence-electron chi connectivity index (χ3n) is 4.20. The van der Waals surface area contributed by atoms with Gasteiger partial charge in [-0.05, 0) is 36.9 Å². The maximum atomic E-state index is 12.4. The topological polar surface area (TPSA) is 77.2 Å². The zero-order valence-electron chi connectivity index (χ0n) is 15.3. The first-order valence-electron chi connectivity index (χ1n) is 8.98. The summed E-state index contributed by atoms with van der Waals surface area (Å²) in [4.78, 5) is 22.0. The average Bonchev–Trinajstić information content (AvgIpc) is 3.37. The number of nitrogens with one attached hydrogen (secondary N) is 1. The zero-order chi connectivity index (χ0) is 19.3. The highest BCUT2D eigenvalue weighted by Crippen LogP contribution is 2.26. The van der Waals surface area contributed by atoms with Gasteiger partial charge in [0.05, 0.1) is 11.5 Å². The monoisotopic (exact) mass is 393 g/mol. The van der Waals surface area contributed by atoms with Gasteiger partial charge < -0.3 is 14.5 Å². The third kappa shape index (κ3) is 3.89. The maximum absolute atomic E-state index is 12.4. The molecule has 0 unspecified atom stereocenters. The van der Waals surface area contributed by atoms with E-state index in [-0.39, 0.29) is 5.91 Å². The van der Waals surface area contributed by atoms with Crippen LogP contribution in [0.3, 0.4) is 0 Å². The Morgan fingerprint density at radius 2 is 2.11 bits per heavy atom. The molecule has 0 saturated heterocycles. The van der Waals surface area contributed by atoms with Crippen molar-refractivity contribution in [2.24, 2.45) is 0 Å². The minimum Gasteiger partial charge on any atom is -0.491 e. The molecule has 1 aromatic carbocycles. The summed E-state index contributed by atoms with van der Waals surface area (Å²) in [6.45, 7) is 2.71. The SMILES string of the molecule is Cc1oc(-c2cccs2)nc1C(=O)NCCCOc1cccc2cccnc12. The van der Waals surface area contributed by atoms with E-state index in [0.29, 0.717) is 36.9 Å². The molecule has 7 heteroatoms. The van der Waals surface area contributed by atoms with Crippen LogP contribution >= 0.6 is 11.3 Å². The second kappa shape index (κ2) is 8.22. The second-order valence-corrected chi connectivity index (χ2v) is 7.14. The zero-order valence-corrected chi connectivity index (χ0v) is 16.2. The summed E-state index contributed by atoms with van der Waals surface area (Å²) in [6, 6.07) is 13.6. The summed E-state index contributed by atoms with van der Waals surface area (Å²) in [6.07, 6.45) is 2.42. The van der Waals surface area contributed by atoms with Crippen molar-refractivity contribution in [2.75, 3.05) is 13.2 Å². The Morgan fingerprint density at radius 3 is 2.96 bits per heavy atom. The first kappa shape index (κ1) is 18.2. The second-order valence-electron chi connectivity index (χ2n) is 6.19. The van der Waals surface area contributed by atoms with Crippen LogP contribution in [0.1, 0.15) is 22.7 Å². The standard InChI is InChI=1S/C21H19N3O3S/c1-14-18(24-21(27-14)17-9-4-13-28-17)20(25)23-11-5-12-26-16-8-2-6-15-7-3-10-22-19(15)16/h2-4,6-10,13H,5,11-12H2,1H3,(H,23,25). The fourth-order valence-electron chi connectivity index (χ4n) is 2.85. The number of benzene rings is 1. The van der Waals surface area contributed by atoms with Crippen LogP contribution in [0.4, 0.5) is 0 Å². The van der Waals surface area contributed by atoms with E-state index in [1.807, 2.05) is 47.8 Å². The molecule has 0 spiro atoms. The Kier molecular flexibility index (Phi) is 5.34. The molecule has 4 rings (SSSR count). The van der Waals surface area contributed by atoms with Gasteiger partial charge in [-0.2, -0.15) is 0 Å². The molecule has 0 aliphatic heterocycles. The van der Waals surface area contributed by atoms with Crippen LogP contribution in [0.25, 0.3) is 21.7 Å². The molecule has 0 aliphatic carbocycles. The highest BCUT2D eigenvalue weighted by molar-refractivity contribution is 7.13. The van der Waals surface area contributed by atoms with Gasteiger partial charge in [-0.1, -0.05) is 24.3 Å². The van der Waals surface area contributed by atoms with Crippen LogP contribution < -0.4 is 10.1 Å². The average molecular weight is 393 g/mol. The fraction of sp³-hybridized carbons (Fsp3) is 0.190. The fourth-order valence-corrected chi connectivity index (χ4v) is 3.49. The molecule has 0 fully saturated rings. The summed E-state index contributed by atoms with van der Waals surface area (Å²) < 4.78 is 11.5. The molecule has 28 heavy (non-hydrogen) atoms. The quantitative estimate of drug-likeness (QED) is 0.469. The number of oxazole rings is 1. The number of aryl methyl sites for hydroxylation is 1. The maximum Gasteiger partial charge on any atom is 0.273 e. The largest absolute Gasteiger partial charge is 0.491 e. The van der Waals surface area contributed by atoms with E-state index in [1.54, 1.807) is 13.1 Å². The molecule has 142 valence electrons. The number of thiophene rings is 1. The van der Waals surface area contributed by atoms with Crippen molar-refractivity contribution in [1.82, 2.24) is 15.3 Å². The molecule has 0 bridgehead atoms. The van der Waals surface area contributed by atoms with Crippen LogP contribution in [0.15, 0.2) is 58.5 Å². The molecule has 6 nitrogen and oxygen atoms in total. The van der Waals surface area contributed by atoms with Gasteiger partial charge in [0.25, 0.3) is 5.91 Å². The minimum absolute atomic E-state index is 0.240. The molecule has 1 amide bonds. The van der Waals surface area contributed by atoms with Crippen molar-refractivity contribution in [3.63, 3.8) is 0 Å². The first-order chi connectivity index (χ1) is 13.7. The van der Waals surface area contributed by atoms with Crippen molar-refractivity contribution >= 4 is 28.1 Å². The van der Waals surface area contributed by atoms with Gasteiger partial charge in [0.15, 0.2) is 5.69 Å². The van der Waals surface area contributed by atoms with Crippen LogP contribution in [0.2, 0.25) is 0 Å². The van der Waals surface area contributed by atoms with Crippen molar-refractivity contribution in [3.05, 3.63) is 65.5 Å². The Morgan fingerprint density at radius 1 is 1.21 bits per heavy atom. The predicted molar refractivity (Wildman–Crippen MR) is 109 cm³/mol. The molecule has 3 aromatic heterocycles. The summed E-state index contributed by atoms with van der Waals surface area (Å²) in [5.41, 5.74) is 1.16. The third-order valence-corrected chi connectivity index (χ3v) is 5.06. The van der Waals surface area contributed by atoms with E-state index in [4.69, 9.17) is 9.15 Å². The van der Waals surface area contributed by atoms with E-state index >= 15 is 0 Å². The van der Waals surface area contributed by atoms with E-state index in [9.17, 15) is 4.79 Å². The first-order valence-corrected chi connectivity index (χ1v) is 9.86. The van der Waals surface area contributed by atoms with Crippen LogP contribution in [0, 0.1) is 6.92 Å². The molecule has 0 atom stereocenters. The number of aromatic nitrogens is 2. The normalized spacial score (nSPS) is 10.9. The number of carbonyl (C=O) groups excluding carboxylic acids is 1. The van der Waals surface area contributed by atoms with E-state index in [1.165, 1.54) is 11.3 Å². The van der Waals surface area contributed by atoms with Crippen LogP contribution in [0.5, 0.6) is 5.75 Å². The highest BCUT2D eigenvalue weighted by Gasteiger charge is 2.18. The van der Waals surface area contributed by atoms with Crippen molar-refractivity contribution in [2.45, 2.75) is 13.3 Å². The van der Waals surface area contributed by atoms with Crippen molar-refractivity contribution in [1.29, 1.82) is 0 Å². The molecular weight excluding hydrogens is 374 g/mol. The Balaban J connectivity index is 1.29. The lowest BCUT2D eigenvalue weighted by molar-refractivity contribution is 0.0945. The van der Waals surface area contributed by atoms with Gasteiger partial charge in [-0.15, -0.1) is 11.3 Å². The Hall–Kier alpha value is -3.19. The number of ether oxygens (including phenoxy) is 1. The summed E-state index contributed by atoms with van der Waals surface area (Å²) in [5, 5.41) is 5.85. The number of hydrogen-bond donors (Lipinski definition) is 1. The van der Waals surface area contributed by atoms with Crippen LogP contribution in [-0.2, 0) is 0 Å². The lowest BCUT2D eigenvalue weighted by Crippen LogP contribution is -2.26. The predicted octanol–water partition coefficient (Wildman–Crippen LogP) is 4.46. The molecule has 0 aliphatic rings. The molecule has 1 N–H and O–H groups in total.